The van der Waals surface area contributed by atoms with Crippen LogP contribution in [0.5, 0.6) is 5.75 Å². The molecular formula is C18H21ClN2O4S. The number of nitrogens with zero attached hydrogens (tertiary/aromatic N) is 1. The number of ether oxygens (including phenoxy) is 1. The van der Waals surface area contributed by atoms with Gasteiger partial charge in [0.2, 0.25) is 10.0 Å². The zero-order valence-corrected chi connectivity index (χ0v) is 16.2. The Morgan fingerprint density at radius 1 is 1.12 bits per heavy atom. The van der Waals surface area contributed by atoms with Crippen LogP contribution in [0.2, 0.25) is 5.02 Å². The van der Waals surface area contributed by atoms with Gasteiger partial charge in [-0.2, -0.15) is 4.31 Å². The molecule has 0 radical (unpaired) electrons. The van der Waals surface area contributed by atoms with Crippen molar-refractivity contribution < 1.29 is 17.9 Å². The summed E-state index contributed by atoms with van der Waals surface area (Å²) in [6.07, 6.45) is 1.15. The summed E-state index contributed by atoms with van der Waals surface area (Å²) in [5.74, 6) is 0.425. The van der Waals surface area contributed by atoms with Gasteiger partial charge in [0, 0.05) is 30.2 Å². The molecule has 1 N–H and O–H groups in total. The summed E-state index contributed by atoms with van der Waals surface area (Å²) in [6.45, 7) is 0.592. The molecule has 2 rings (SSSR count). The number of benzene rings is 2. The summed E-state index contributed by atoms with van der Waals surface area (Å²) in [5, 5.41) is 3.26. The third-order valence-electron chi connectivity index (χ3n) is 3.74. The van der Waals surface area contributed by atoms with Crippen molar-refractivity contribution in [2.45, 2.75) is 6.54 Å². The fourth-order valence-corrected chi connectivity index (χ4v) is 3.23. The standard InChI is InChI=1S/C18H21ClN2O4S/c1-25-17-9-3-14(4-10-17)13-21(26(2,23)24)12-11-20-18(22)15-5-7-16(19)8-6-15/h3-10H,11-13H2,1-2H3,(H,20,22). The van der Waals surface area contributed by atoms with Gasteiger partial charge in [-0.05, 0) is 42.0 Å². The van der Waals surface area contributed by atoms with Crippen molar-refractivity contribution in [1.29, 1.82) is 0 Å². The molecule has 0 heterocycles. The number of nitrogens with one attached hydrogen (secondary N) is 1. The molecule has 6 nitrogen and oxygen atoms in total. The molecule has 0 saturated heterocycles. The predicted octanol–water partition coefficient (Wildman–Crippen LogP) is 2.54. The van der Waals surface area contributed by atoms with E-state index in [1.807, 2.05) is 12.1 Å². The quantitative estimate of drug-likeness (QED) is 0.744. The number of hydrogen-bond acceptors (Lipinski definition) is 4. The molecule has 0 fully saturated rings. The lowest BCUT2D eigenvalue weighted by atomic mass is 10.2. The molecule has 0 spiro atoms. The van der Waals surface area contributed by atoms with E-state index in [2.05, 4.69) is 5.32 Å². The van der Waals surface area contributed by atoms with Crippen molar-refractivity contribution >= 4 is 27.5 Å². The molecule has 0 aromatic heterocycles. The van der Waals surface area contributed by atoms with Gasteiger partial charge < -0.3 is 10.1 Å². The first-order valence-electron chi connectivity index (χ1n) is 7.91. The molecule has 0 atom stereocenters. The van der Waals surface area contributed by atoms with Gasteiger partial charge in [-0.3, -0.25) is 4.79 Å². The van der Waals surface area contributed by atoms with Crippen LogP contribution >= 0.6 is 11.6 Å². The monoisotopic (exact) mass is 396 g/mol. The summed E-state index contributed by atoms with van der Waals surface area (Å²) in [5.41, 5.74) is 1.30. The van der Waals surface area contributed by atoms with E-state index in [4.69, 9.17) is 16.3 Å². The van der Waals surface area contributed by atoms with Gasteiger partial charge in [-0.25, -0.2) is 8.42 Å². The lowest BCUT2D eigenvalue weighted by molar-refractivity contribution is 0.0951. The number of carbonyl (C=O) groups is 1. The number of rotatable bonds is 8. The lowest BCUT2D eigenvalue weighted by Crippen LogP contribution is -2.37. The highest BCUT2D eigenvalue weighted by Gasteiger charge is 2.17. The number of halogens is 1. The second-order valence-corrected chi connectivity index (χ2v) is 8.13. The Morgan fingerprint density at radius 2 is 1.73 bits per heavy atom. The maximum atomic E-state index is 12.1. The van der Waals surface area contributed by atoms with Crippen LogP contribution in [0.4, 0.5) is 0 Å². The van der Waals surface area contributed by atoms with Crippen LogP contribution in [0.15, 0.2) is 48.5 Å². The Bertz CT molecular complexity index is 836. The Balaban J connectivity index is 1.95. The minimum absolute atomic E-state index is 0.171. The maximum absolute atomic E-state index is 12.1. The third kappa shape index (κ3) is 6.01. The Morgan fingerprint density at radius 3 is 2.27 bits per heavy atom. The Labute approximate surface area is 158 Å². The van der Waals surface area contributed by atoms with E-state index in [-0.39, 0.29) is 25.5 Å². The molecule has 0 aliphatic heterocycles. The van der Waals surface area contributed by atoms with E-state index in [0.717, 1.165) is 11.8 Å². The Hall–Kier alpha value is -2.09. The minimum atomic E-state index is -3.41. The van der Waals surface area contributed by atoms with Crippen LogP contribution in [0, 0.1) is 0 Å². The molecular weight excluding hydrogens is 376 g/mol. The van der Waals surface area contributed by atoms with Crippen molar-refractivity contribution in [2.75, 3.05) is 26.5 Å². The van der Waals surface area contributed by atoms with Crippen molar-refractivity contribution in [1.82, 2.24) is 9.62 Å². The SMILES string of the molecule is COc1ccc(CN(CCNC(=O)c2ccc(Cl)cc2)S(C)(=O)=O)cc1. The first-order chi connectivity index (χ1) is 12.3. The largest absolute Gasteiger partial charge is 0.497 e. The third-order valence-corrected chi connectivity index (χ3v) is 5.24. The predicted molar refractivity (Wildman–Crippen MR) is 102 cm³/mol. The van der Waals surface area contributed by atoms with Crippen LogP contribution in [-0.4, -0.2) is 45.1 Å². The average Bonchev–Trinajstić information content (AvgIpc) is 2.61. The molecule has 8 heteroatoms. The summed E-state index contributed by atoms with van der Waals surface area (Å²) in [7, 11) is -1.84. The van der Waals surface area contributed by atoms with Gasteiger partial charge in [0.15, 0.2) is 0 Å². The van der Waals surface area contributed by atoms with E-state index in [1.165, 1.54) is 4.31 Å². The van der Waals surface area contributed by atoms with E-state index in [0.29, 0.717) is 16.3 Å². The zero-order valence-electron chi connectivity index (χ0n) is 14.6. The zero-order chi connectivity index (χ0) is 19.2. The van der Waals surface area contributed by atoms with Crippen molar-refractivity contribution in [3.63, 3.8) is 0 Å². The van der Waals surface area contributed by atoms with Crippen LogP contribution in [-0.2, 0) is 16.6 Å². The highest BCUT2D eigenvalue weighted by molar-refractivity contribution is 7.88. The van der Waals surface area contributed by atoms with E-state index in [1.54, 1.807) is 43.5 Å². The lowest BCUT2D eigenvalue weighted by Gasteiger charge is -2.20. The first-order valence-corrected chi connectivity index (χ1v) is 10.1. The molecule has 0 aliphatic carbocycles. The fraction of sp³-hybridized carbons (Fsp3) is 0.278. The normalized spacial score (nSPS) is 11.4. The number of carbonyl (C=O) groups excluding carboxylic acids is 1. The van der Waals surface area contributed by atoms with Crippen molar-refractivity contribution in [3.05, 3.63) is 64.7 Å². The van der Waals surface area contributed by atoms with Crippen molar-refractivity contribution in [2.24, 2.45) is 0 Å². The van der Waals surface area contributed by atoms with Gasteiger partial charge >= 0.3 is 0 Å². The number of methoxy groups -OCH3 is 1. The van der Waals surface area contributed by atoms with E-state index in [9.17, 15) is 13.2 Å². The summed E-state index contributed by atoms with van der Waals surface area (Å²) in [6, 6.07) is 13.7. The Kier molecular flexibility index (Phi) is 7.02. The number of hydrogen-bond donors (Lipinski definition) is 1. The van der Waals surface area contributed by atoms with Gasteiger partial charge in [0.1, 0.15) is 5.75 Å². The van der Waals surface area contributed by atoms with Gasteiger partial charge in [-0.1, -0.05) is 23.7 Å². The van der Waals surface area contributed by atoms with Crippen LogP contribution in [0.25, 0.3) is 0 Å². The van der Waals surface area contributed by atoms with Gasteiger partial charge in [0.05, 0.1) is 13.4 Å². The molecule has 0 unspecified atom stereocenters. The topological polar surface area (TPSA) is 75.7 Å². The average molecular weight is 397 g/mol. The van der Waals surface area contributed by atoms with Crippen LogP contribution in [0.3, 0.4) is 0 Å². The molecule has 2 aromatic carbocycles. The minimum Gasteiger partial charge on any atom is -0.497 e. The second-order valence-electron chi connectivity index (χ2n) is 5.71. The molecule has 0 saturated carbocycles. The van der Waals surface area contributed by atoms with E-state index >= 15 is 0 Å². The first kappa shape index (κ1) is 20.2. The van der Waals surface area contributed by atoms with Crippen LogP contribution in [0.1, 0.15) is 15.9 Å². The van der Waals surface area contributed by atoms with Crippen LogP contribution < -0.4 is 10.1 Å². The summed E-state index contributed by atoms with van der Waals surface area (Å²) >= 11 is 5.80. The number of sulfonamides is 1. The molecule has 0 bridgehead atoms. The fourth-order valence-electron chi connectivity index (χ4n) is 2.29. The summed E-state index contributed by atoms with van der Waals surface area (Å²) in [4.78, 5) is 12.1. The highest BCUT2D eigenvalue weighted by atomic mass is 35.5. The maximum Gasteiger partial charge on any atom is 0.251 e. The molecule has 0 aliphatic rings. The van der Waals surface area contributed by atoms with Gasteiger partial charge in [0.25, 0.3) is 5.91 Å². The summed E-state index contributed by atoms with van der Waals surface area (Å²) < 4.78 is 30.4. The van der Waals surface area contributed by atoms with E-state index < -0.39 is 10.0 Å². The smallest absolute Gasteiger partial charge is 0.251 e. The van der Waals surface area contributed by atoms with Gasteiger partial charge in [-0.15, -0.1) is 0 Å². The molecule has 2 aromatic rings. The molecule has 1 amide bonds. The molecule has 140 valence electrons. The van der Waals surface area contributed by atoms with Crippen molar-refractivity contribution in [3.8, 4) is 5.75 Å². The highest BCUT2D eigenvalue weighted by Crippen LogP contribution is 2.14. The molecule has 26 heavy (non-hydrogen) atoms. The number of amides is 1. The second kappa shape index (κ2) is 9.02.